The first kappa shape index (κ1) is 8.72. The van der Waals surface area contributed by atoms with Crippen LogP contribution in [-0.4, -0.2) is 0 Å². The highest BCUT2D eigenvalue weighted by molar-refractivity contribution is 5.82. The average molecular weight is 193 g/mol. The Kier molecular flexibility index (Phi) is 1.88. The Hall–Kier alpha value is -1.56. The van der Waals surface area contributed by atoms with Gasteiger partial charge in [-0.3, -0.25) is 0 Å². The number of aryl methyl sites for hydroxylation is 1. The molecule has 0 unspecified atom stereocenters. The molecule has 0 saturated carbocycles. The Morgan fingerprint density at radius 3 is 2.53 bits per heavy atom. The van der Waals surface area contributed by atoms with E-state index >= 15 is 0 Å². The molecule has 2 aromatic carbocycles. The van der Waals surface area contributed by atoms with E-state index in [0.29, 0.717) is 0 Å². The van der Waals surface area contributed by atoms with Crippen LogP contribution in [0.2, 0.25) is 0 Å². The van der Waals surface area contributed by atoms with E-state index in [2.05, 4.69) is 55.8 Å². The number of hydrogen-bond acceptors (Lipinski definition) is 0. The monoisotopic (exact) mass is 193 g/mol. The summed E-state index contributed by atoms with van der Waals surface area (Å²) >= 11 is 0. The van der Waals surface area contributed by atoms with Gasteiger partial charge in [-0.15, -0.1) is 0 Å². The molecule has 3 rings (SSSR count). The second kappa shape index (κ2) is 3.23. The molecule has 1 aliphatic rings. The predicted molar refractivity (Wildman–Crippen MR) is 63.8 cm³/mol. The van der Waals surface area contributed by atoms with Gasteiger partial charge in [0, 0.05) is 6.42 Å². The molecule has 1 radical (unpaired) electrons. The van der Waals surface area contributed by atoms with E-state index in [0.717, 1.165) is 6.42 Å². The minimum absolute atomic E-state index is 1.10. The fourth-order valence-corrected chi connectivity index (χ4v) is 2.35. The summed E-state index contributed by atoms with van der Waals surface area (Å²) in [5.41, 5.74) is 6.99. The number of benzene rings is 2. The zero-order valence-electron chi connectivity index (χ0n) is 8.83. The van der Waals surface area contributed by atoms with Crippen molar-refractivity contribution in [2.75, 3.05) is 0 Å². The van der Waals surface area contributed by atoms with Gasteiger partial charge in [0.25, 0.3) is 0 Å². The largest absolute Gasteiger partial charge is 0.0619 e. The van der Waals surface area contributed by atoms with Crippen LogP contribution < -0.4 is 0 Å². The molecule has 2 aromatic rings. The molecule has 0 saturated heterocycles. The Morgan fingerprint density at radius 1 is 0.867 bits per heavy atom. The summed E-state index contributed by atoms with van der Waals surface area (Å²) in [7, 11) is 0. The second-order valence-corrected chi connectivity index (χ2v) is 3.96. The quantitative estimate of drug-likeness (QED) is 0.551. The van der Waals surface area contributed by atoms with Crippen LogP contribution in [0.1, 0.15) is 23.6 Å². The van der Waals surface area contributed by atoms with Gasteiger partial charge >= 0.3 is 0 Å². The van der Waals surface area contributed by atoms with Gasteiger partial charge in [0.15, 0.2) is 0 Å². The molecule has 0 heterocycles. The summed E-state index contributed by atoms with van der Waals surface area (Å²) in [5.74, 6) is 0. The van der Waals surface area contributed by atoms with Gasteiger partial charge < -0.3 is 0 Å². The smallest absolute Gasteiger partial charge is 0.0214 e. The SMILES string of the molecule is CCc1cccc2c1[CH]c1ccccc1-2. The standard InChI is InChI=1S/C15H13/c1-2-11-7-5-9-14-13-8-4-3-6-12(13)10-15(11)14/h3-10H,2H2,1H3. The third kappa shape index (κ3) is 1.21. The van der Waals surface area contributed by atoms with Crippen LogP contribution in [0.25, 0.3) is 11.1 Å². The maximum absolute atomic E-state index is 2.31. The lowest BCUT2D eigenvalue weighted by Gasteiger charge is -2.05. The predicted octanol–water partition coefficient (Wildman–Crippen LogP) is 3.83. The third-order valence-electron chi connectivity index (χ3n) is 3.13. The van der Waals surface area contributed by atoms with Crippen LogP contribution in [0.5, 0.6) is 0 Å². The second-order valence-electron chi connectivity index (χ2n) is 3.96. The molecule has 0 nitrogen and oxygen atoms in total. The van der Waals surface area contributed by atoms with Crippen molar-refractivity contribution in [2.45, 2.75) is 13.3 Å². The molecule has 0 spiro atoms. The van der Waals surface area contributed by atoms with E-state index in [1.165, 1.54) is 27.8 Å². The molecule has 0 aliphatic heterocycles. The molecular weight excluding hydrogens is 180 g/mol. The molecule has 73 valence electrons. The number of hydrogen-bond donors (Lipinski definition) is 0. The molecule has 0 heteroatoms. The third-order valence-corrected chi connectivity index (χ3v) is 3.13. The van der Waals surface area contributed by atoms with Crippen molar-refractivity contribution in [3.8, 4) is 11.1 Å². The van der Waals surface area contributed by atoms with E-state index in [-0.39, 0.29) is 0 Å². The van der Waals surface area contributed by atoms with E-state index in [9.17, 15) is 0 Å². The molecular formula is C15H13. The van der Waals surface area contributed by atoms with Gasteiger partial charge in [-0.1, -0.05) is 49.4 Å². The summed E-state index contributed by atoms with van der Waals surface area (Å²) in [6, 6.07) is 15.2. The minimum Gasteiger partial charge on any atom is -0.0619 e. The van der Waals surface area contributed by atoms with E-state index in [1.54, 1.807) is 0 Å². The van der Waals surface area contributed by atoms with Gasteiger partial charge in [-0.2, -0.15) is 0 Å². The van der Waals surface area contributed by atoms with E-state index in [1.807, 2.05) is 0 Å². The average Bonchev–Trinajstić information content (AvgIpc) is 2.67. The Balaban J connectivity index is 2.26. The summed E-state index contributed by atoms with van der Waals surface area (Å²) in [4.78, 5) is 0. The van der Waals surface area contributed by atoms with Crippen LogP contribution in [0, 0.1) is 6.42 Å². The van der Waals surface area contributed by atoms with Gasteiger partial charge in [0.2, 0.25) is 0 Å². The van der Waals surface area contributed by atoms with Gasteiger partial charge in [-0.05, 0) is 34.2 Å². The molecule has 0 fully saturated rings. The fraction of sp³-hybridized carbons (Fsp3) is 0.133. The highest BCUT2D eigenvalue weighted by atomic mass is 14.2. The van der Waals surface area contributed by atoms with Crippen LogP contribution in [0.3, 0.4) is 0 Å². The van der Waals surface area contributed by atoms with Crippen molar-refractivity contribution in [1.82, 2.24) is 0 Å². The van der Waals surface area contributed by atoms with Gasteiger partial charge in [0.05, 0.1) is 0 Å². The maximum atomic E-state index is 2.31. The van der Waals surface area contributed by atoms with Gasteiger partial charge in [-0.25, -0.2) is 0 Å². The lowest BCUT2D eigenvalue weighted by molar-refractivity contribution is 1.12. The van der Waals surface area contributed by atoms with Crippen LogP contribution in [0.15, 0.2) is 42.5 Å². The molecule has 0 bridgehead atoms. The molecule has 0 atom stereocenters. The van der Waals surface area contributed by atoms with Crippen LogP contribution in [-0.2, 0) is 6.42 Å². The molecule has 15 heavy (non-hydrogen) atoms. The Morgan fingerprint density at radius 2 is 1.67 bits per heavy atom. The summed E-state index contributed by atoms with van der Waals surface area (Å²) < 4.78 is 0. The Bertz CT molecular complexity index is 509. The van der Waals surface area contributed by atoms with Crippen molar-refractivity contribution in [1.29, 1.82) is 0 Å². The maximum Gasteiger partial charge on any atom is 0.0214 e. The topological polar surface area (TPSA) is 0 Å². The summed E-state index contributed by atoms with van der Waals surface area (Å²) in [5, 5.41) is 0. The Labute approximate surface area is 90.6 Å². The zero-order chi connectivity index (χ0) is 10.3. The van der Waals surface area contributed by atoms with E-state index < -0.39 is 0 Å². The molecule has 0 aromatic heterocycles. The molecule has 0 N–H and O–H groups in total. The van der Waals surface area contributed by atoms with Crippen molar-refractivity contribution in [3.05, 3.63) is 65.6 Å². The fourth-order valence-electron chi connectivity index (χ4n) is 2.35. The number of rotatable bonds is 1. The molecule has 0 amide bonds. The molecule has 1 aliphatic carbocycles. The lowest BCUT2D eigenvalue weighted by Crippen LogP contribution is -1.88. The zero-order valence-corrected chi connectivity index (χ0v) is 8.83. The van der Waals surface area contributed by atoms with Gasteiger partial charge in [0.1, 0.15) is 0 Å². The van der Waals surface area contributed by atoms with Crippen LogP contribution >= 0.6 is 0 Å². The first-order valence-corrected chi connectivity index (χ1v) is 5.46. The van der Waals surface area contributed by atoms with Crippen molar-refractivity contribution >= 4 is 0 Å². The first-order valence-electron chi connectivity index (χ1n) is 5.46. The normalized spacial score (nSPS) is 12.3. The first-order chi connectivity index (χ1) is 7.40. The summed E-state index contributed by atoms with van der Waals surface area (Å²) in [6.45, 7) is 2.21. The van der Waals surface area contributed by atoms with Crippen LogP contribution in [0.4, 0.5) is 0 Å². The van der Waals surface area contributed by atoms with Crippen molar-refractivity contribution in [3.63, 3.8) is 0 Å². The highest BCUT2D eigenvalue weighted by Gasteiger charge is 2.19. The summed E-state index contributed by atoms with van der Waals surface area (Å²) in [6.07, 6.45) is 3.41. The lowest BCUT2D eigenvalue weighted by atomic mass is 10.00. The highest BCUT2D eigenvalue weighted by Crippen LogP contribution is 2.39. The van der Waals surface area contributed by atoms with E-state index in [4.69, 9.17) is 0 Å². The number of fused-ring (bicyclic) bond motifs is 3. The van der Waals surface area contributed by atoms with Crippen molar-refractivity contribution < 1.29 is 0 Å². The van der Waals surface area contributed by atoms with Crippen molar-refractivity contribution in [2.24, 2.45) is 0 Å². The minimum atomic E-state index is 1.10.